The van der Waals surface area contributed by atoms with Crippen LogP contribution in [0.4, 0.5) is 0 Å². The number of nitrogens with one attached hydrogen (secondary N) is 1. The van der Waals surface area contributed by atoms with Crippen LogP contribution in [0.15, 0.2) is 5.16 Å². The van der Waals surface area contributed by atoms with Crippen molar-refractivity contribution in [1.29, 1.82) is 0 Å². The standard InChI is InChI=1S/C10H20N4O2/c11-9(13-16)8-12-5-4-10(15)14-6-2-1-3-7-14/h12,16H,1-8H2,(H2,11,13). The van der Waals surface area contributed by atoms with Crippen LogP contribution in [0.3, 0.4) is 0 Å². The van der Waals surface area contributed by atoms with Gasteiger partial charge in [0.25, 0.3) is 0 Å². The second-order valence-electron chi connectivity index (χ2n) is 3.96. The van der Waals surface area contributed by atoms with Gasteiger partial charge in [0.05, 0.1) is 6.54 Å². The van der Waals surface area contributed by atoms with E-state index in [1.165, 1.54) is 6.42 Å². The van der Waals surface area contributed by atoms with Gasteiger partial charge in [-0.2, -0.15) is 0 Å². The number of amidine groups is 1. The molecule has 0 unspecified atom stereocenters. The van der Waals surface area contributed by atoms with E-state index in [-0.39, 0.29) is 11.7 Å². The molecule has 0 aromatic carbocycles. The van der Waals surface area contributed by atoms with Crippen LogP contribution < -0.4 is 11.1 Å². The molecule has 1 rings (SSSR count). The number of hydrogen-bond donors (Lipinski definition) is 3. The van der Waals surface area contributed by atoms with E-state index in [4.69, 9.17) is 10.9 Å². The molecule has 92 valence electrons. The highest BCUT2D eigenvalue weighted by Gasteiger charge is 2.15. The molecular weight excluding hydrogens is 208 g/mol. The first-order chi connectivity index (χ1) is 7.74. The zero-order chi connectivity index (χ0) is 11.8. The van der Waals surface area contributed by atoms with Crippen LogP contribution in [0.2, 0.25) is 0 Å². The summed E-state index contributed by atoms with van der Waals surface area (Å²) in [6.45, 7) is 2.65. The van der Waals surface area contributed by atoms with Crippen LogP contribution in [0.5, 0.6) is 0 Å². The van der Waals surface area contributed by atoms with Crippen molar-refractivity contribution in [2.75, 3.05) is 26.2 Å². The lowest BCUT2D eigenvalue weighted by atomic mass is 10.1. The van der Waals surface area contributed by atoms with Gasteiger partial charge in [-0.1, -0.05) is 5.16 Å². The molecule has 6 heteroatoms. The molecule has 1 fully saturated rings. The fourth-order valence-electron chi connectivity index (χ4n) is 1.75. The minimum atomic E-state index is 0.130. The predicted octanol–water partition coefficient (Wildman–Crippen LogP) is -0.275. The SMILES string of the molecule is NC(CNCCC(=O)N1CCCCC1)=NO. The Morgan fingerprint density at radius 2 is 2.06 bits per heavy atom. The lowest BCUT2D eigenvalue weighted by molar-refractivity contribution is -0.131. The Balaban J connectivity index is 2.10. The van der Waals surface area contributed by atoms with Gasteiger partial charge in [0.1, 0.15) is 0 Å². The Labute approximate surface area is 95.5 Å². The van der Waals surface area contributed by atoms with Crippen molar-refractivity contribution >= 4 is 11.7 Å². The third-order valence-electron chi connectivity index (χ3n) is 2.66. The number of rotatable bonds is 5. The van der Waals surface area contributed by atoms with Crippen molar-refractivity contribution in [3.63, 3.8) is 0 Å². The highest BCUT2D eigenvalue weighted by Crippen LogP contribution is 2.09. The molecule has 1 amide bonds. The van der Waals surface area contributed by atoms with Crippen molar-refractivity contribution in [2.45, 2.75) is 25.7 Å². The van der Waals surface area contributed by atoms with E-state index >= 15 is 0 Å². The fraction of sp³-hybridized carbons (Fsp3) is 0.800. The van der Waals surface area contributed by atoms with Crippen molar-refractivity contribution in [2.24, 2.45) is 10.9 Å². The summed E-state index contributed by atoms with van der Waals surface area (Å²) in [6, 6.07) is 0. The number of amides is 1. The van der Waals surface area contributed by atoms with Gasteiger partial charge in [0.15, 0.2) is 5.84 Å². The maximum atomic E-state index is 11.7. The second kappa shape index (κ2) is 7.05. The quantitative estimate of drug-likeness (QED) is 0.198. The van der Waals surface area contributed by atoms with Crippen LogP contribution in [0.25, 0.3) is 0 Å². The monoisotopic (exact) mass is 228 g/mol. The molecule has 4 N–H and O–H groups in total. The smallest absolute Gasteiger partial charge is 0.223 e. The summed E-state index contributed by atoms with van der Waals surface area (Å²) in [5.74, 6) is 0.317. The Kier molecular flexibility index (Phi) is 5.63. The third kappa shape index (κ3) is 4.48. The van der Waals surface area contributed by atoms with E-state index in [0.29, 0.717) is 19.5 Å². The molecule has 6 nitrogen and oxygen atoms in total. The molecule has 16 heavy (non-hydrogen) atoms. The molecule has 1 saturated heterocycles. The van der Waals surface area contributed by atoms with Gasteiger partial charge >= 0.3 is 0 Å². The summed E-state index contributed by atoms with van der Waals surface area (Å²) >= 11 is 0. The first-order valence-electron chi connectivity index (χ1n) is 5.69. The summed E-state index contributed by atoms with van der Waals surface area (Å²) in [6.07, 6.45) is 3.93. The Morgan fingerprint density at radius 3 is 2.69 bits per heavy atom. The van der Waals surface area contributed by atoms with Crippen LogP contribution in [-0.4, -0.2) is 48.0 Å². The number of carbonyl (C=O) groups excluding carboxylic acids is 1. The van der Waals surface area contributed by atoms with E-state index in [1.807, 2.05) is 4.90 Å². The molecule has 0 aliphatic carbocycles. The summed E-state index contributed by atoms with van der Waals surface area (Å²) < 4.78 is 0. The Morgan fingerprint density at radius 1 is 1.38 bits per heavy atom. The maximum Gasteiger partial charge on any atom is 0.223 e. The molecular formula is C10H20N4O2. The van der Waals surface area contributed by atoms with Gasteiger partial charge in [-0.05, 0) is 19.3 Å². The van der Waals surface area contributed by atoms with Crippen LogP contribution in [-0.2, 0) is 4.79 Å². The minimum Gasteiger partial charge on any atom is -0.409 e. The number of nitrogens with two attached hydrogens (primary N) is 1. The lowest BCUT2D eigenvalue weighted by Gasteiger charge is -2.26. The third-order valence-corrected chi connectivity index (χ3v) is 2.66. The van der Waals surface area contributed by atoms with Gasteiger partial charge in [-0.15, -0.1) is 0 Å². The van der Waals surface area contributed by atoms with E-state index in [0.717, 1.165) is 25.9 Å². The van der Waals surface area contributed by atoms with Crippen molar-refractivity contribution in [1.82, 2.24) is 10.2 Å². The average molecular weight is 228 g/mol. The fourth-order valence-corrected chi connectivity index (χ4v) is 1.75. The molecule has 1 aliphatic rings. The highest BCUT2D eigenvalue weighted by atomic mass is 16.4. The molecule has 0 bridgehead atoms. The molecule has 1 aliphatic heterocycles. The van der Waals surface area contributed by atoms with E-state index in [2.05, 4.69) is 10.5 Å². The highest BCUT2D eigenvalue weighted by molar-refractivity contribution is 5.81. The average Bonchev–Trinajstić information content (AvgIpc) is 2.35. The molecule has 0 aromatic rings. The molecule has 0 saturated carbocycles. The lowest BCUT2D eigenvalue weighted by Crippen LogP contribution is -2.38. The van der Waals surface area contributed by atoms with Gasteiger partial charge in [0, 0.05) is 26.1 Å². The van der Waals surface area contributed by atoms with E-state index < -0.39 is 0 Å². The summed E-state index contributed by atoms with van der Waals surface area (Å²) in [5.41, 5.74) is 5.27. The van der Waals surface area contributed by atoms with Gasteiger partial charge < -0.3 is 21.2 Å². The number of carbonyl (C=O) groups is 1. The molecule has 0 atom stereocenters. The molecule has 0 radical (unpaired) electrons. The summed E-state index contributed by atoms with van der Waals surface area (Å²) in [7, 11) is 0. The van der Waals surface area contributed by atoms with E-state index in [1.54, 1.807) is 0 Å². The summed E-state index contributed by atoms with van der Waals surface area (Å²) in [5, 5.41) is 14.1. The van der Waals surface area contributed by atoms with Crippen LogP contribution in [0, 0.1) is 0 Å². The molecule has 0 spiro atoms. The normalized spacial score (nSPS) is 17.5. The number of hydrogen-bond acceptors (Lipinski definition) is 4. The Hall–Kier alpha value is -1.30. The number of likely N-dealkylation sites (tertiary alicyclic amines) is 1. The van der Waals surface area contributed by atoms with Crippen LogP contribution >= 0.6 is 0 Å². The zero-order valence-corrected chi connectivity index (χ0v) is 9.48. The largest absolute Gasteiger partial charge is 0.409 e. The van der Waals surface area contributed by atoms with Crippen molar-refractivity contribution in [3.8, 4) is 0 Å². The first kappa shape index (κ1) is 12.8. The minimum absolute atomic E-state index is 0.130. The molecule has 0 aromatic heterocycles. The second-order valence-corrected chi connectivity index (χ2v) is 3.96. The maximum absolute atomic E-state index is 11.7. The summed E-state index contributed by atoms with van der Waals surface area (Å²) in [4.78, 5) is 13.6. The van der Waals surface area contributed by atoms with Gasteiger partial charge in [0.2, 0.25) is 5.91 Å². The van der Waals surface area contributed by atoms with Crippen molar-refractivity contribution < 1.29 is 10.0 Å². The Bertz CT molecular complexity index is 249. The number of piperidine rings is 1. The zero-order valence-electron chi connectivity index (χ0n) is 9.48. The van der Waals surface area contributed by atoms with Gasteiger partial charge in [-0.25, -0.2) is 0 Å². The predicted molar refractivity (Wildman–Crippen MR) is 61.3 cm³/mol. The number of oxime groups is 1. The topological polar surface area (TPSA) is 91.0 Å². The van der Waals surface area contributed by atoms with Crippen LogP contribution in [0.1, 0.15) is 25.7 Å². The van der Waals surface area contributed by atoms with E-state index in [9.17, 15) is 4.79 Å². The van der Waals surface area contributed by atoms with Crippen molar-refractivity contribution in [3.05, 3.63) is 0 Å². The molecule has 1 heterocycles. The van der Waals surface area contributed by atoms with Gasteiger partial charge in [-0.3, -0.25) is 4.79 Å². The first-order valence-corrected chi connectivity index (χ1v) is 5.69. The number of nitrogens with zero attached hydrogens (tertiary/aromatic N) is 2.